The number of nitrogens with zero attached hydrogens (tertiary/aromatic N) is 1. The summed E-state index contributed by atoms with van der Waals surface area (Å²) in [4.78, 5) is 21.6. The normalized spacial score (nSPS) is 10.3. The molecule has 0 fully saturated rings. The first-order valence-electron chi connectivity index (χ1n) is 6.14. The van der Waals surface area contributed by atoms with Crippen LogP contribution in [0, 0.1) is 10.1 Å². The summed E-state index contributed by atoms with van der Waals surface area (Å²) in [7, 11) is 0. The van der Waals surface area contributed by atoms with Gasteiger partial charge in [0.15, 0.2) is 0 Å². The van der Waals surface area contributed by atoms with Crippen LogP contribution in [-0.2, 0) is 6.54 Å². The number of nitrogens with one attached hydrogen (secondary N) is 1. The number of carbonyl (C=O) groups excluding carboxylic acids is 1. The van der Waals surface area contributed by atoms with Crippen LogP contribution in [-0.4, -0.2) is 10.8 Å². The number of nitrogens with two attached hydrogens (primary N) is 1. The van der Waals surface area contributed by atoms with Gasteiger partial charge in [0, 0.05) is 28.8 Å². The number of carbonyl (C=O) groups is 1. The van der Waals surface area contributed by atoms with Gasteiger partial charge < -0.3 is 11.1 Å². The number of benzene rings is 2. The molecule has 0 aliphatic heterocycles. The van der Waals surface area contributed by atoms with Crippen LogP contribution in [0.1, 0.15) is 15.9 Å². The number of rotatable bonds is 5. The fraction of sp³-hybridized carbons (Fsp3) is 0.0714. The lowest BCUT2D eigenvalue weighted by Crippen LogP contribution is -2.12. The number of amides is 1. The highest BCUT2D eigenvalue weighted by atomic mass is 35.5. The SMILES string of the molecule is NC(=O)c1ccc(CNc2cc(Cl)ccc2Cl)c([N+](=O)[O-])c1. The first-order valence-corrected chi connectivity index (χ1v) is 6.90. The van der Waals surface area contributed by atoms with Crippen LogP contribution in [0.4, 0.5) is 11.4 Å². The van der Waals surface area contributed by atoms with E-state index in [1.165, 1.54) is 12.1 Å². The Morgan fingerprint density at radius 3 is 2.59 bits per heavy atom. The Morgan fingerprint density at radius 2 is 1.95 bits per heavy atom. The van der Waals surface area contributed by atoms with Gasteiger partial charge >= 0.3 is 0 Å². The van der Waals surface area contributed by atoms with E-state index < -0.39 is 10.8 Å². The van der Waals surface area contributed by atoms with E-state index in [1.54, 1.807) is 18.2 Å². The summed E-state index contributed by atoms with van der Waals surface area (Å²) in [5.41, 5.74) is 5.96. The van der Waals surface area contributed by atoms with Gasteiger partial charge in [-0.05, 0) is 30.3 Å². The molecule has 0 radical (unpaired) electrons. The molecule has 0 spiro atoms. The summed E-state index contributed by atoms with van der Waals surface area (Å²) in [5, 5.41) is 15.0. The van der Waals surface area contributed by atoms with Gasteiger partial charge in [0.05, 0.1) is 15.6 Å². The molecule has 0 aliphatic carbocycles. The van der Waals surface area contributed by atoms with Gasteiger partial charge in [0.25, 0.3) is 5.69 Å². The molecular formula is C14H11Cl2N3O3. The standard InChI is InChI=1S/C14H11Cl2N3O3/c15-10-3-4-11(16)12(6-10)18-7-9-2-1-8(14(17)20)5-13(9)19(21)22/h1-6,18H,7H2,(H2,17,20). The van der Waals surface area contributed by atoms with Crippen molar-refractivity contribution < 1.29 is 9.72 Å². The Kier molecular flexibility index (Phi) is 4.85. The van der Waals surface area contributed by atoms with E-state index in [-0.39, 0.29) is 17.8 Å². The van der Waals surface area contributed by atoms with Crippen molar-refractivity contribution in [1.82, 2.24) is 0 Å². The number of hydrogen-bond donors (Lipinski definition) is 2. The molecule has 114 valence electrons. The van der Waals surface area contributed by atoms with Gasteiger partial charge in [-0.2, -0.15) is 0 Å². The van der Waals surface area contributed by atoms with Gasteiger partial charge in [-0.15, -0.1) is 0 Å². The maximum absolute atomic E-state index is 11.1. The number of nitro benzene ring substituents is 1. The fourth-order valence-electron chi connectivity index (χ4n) is 1.86. The molecule has 0 saturated heterocycles. The molecule has 0 aliphatic rings. The number of primary amides is 1. The van der Waals surface area contributed by atoms with Gasteiger partial charge in [-0.1, -0.05) is 23.2 Å². The Labute approximate surface area is 136 Å². The molecule has 2 aromatic rings. The van der Waals surface area contributed by atoms with Crippen LogP contribution < -0.4 is 11.1 Å². The lowest BCUT2D eigenvalue weighted by Gasteiger charge is -2.10. The zero-order valence-electron chi connectivity index (χ0n) is 11.2. The molecule has 3 N–H and O–H groups in total. The largest absolute Gasteiger partial charge is 0.379 e. The number of anilines is 1. The Balaban J connectivity index is 2.27. The maximum Gasteiger partial charge on any atom is 0.275 e. The van der Waals surface area contributed by atoms with E-state index in [0.717, 1.165) is 6.07 Å². The van der Waals surface area contributed by atoms with Gasteiger partial charge in [-0.25, -0.2) is 0 Å². The zero-order valence-corrected chi connectivity index (χ0v) is 12.7. The van der Waals surface area contributed by atoms with E-state index in [1.807, 2.05) is 0 Å². The topological polar surface area (TPSA) is 98.3 Å². The van der Waals surface area contributed by atoms with Crippen molar-refractivity contribution in [2.75, 3.05) is 5.32 Å². The summed E-state index contributed by atoms with van der Waals surface area (Å²) < 4.78 is 0. The van der Waals surface area contributed by atoms with Crippen LogP contribution in [0.25, 0.3) is 0 Å². The third kappa shape index (κ3) is 3.66. The Hall–Kier alpha value is -2.31. The van der Waals surface area contributed by atoms with Gasteiger partial charge in [0.2, 0.25) is 5.91 Å². The van der Waals surface area contributed by atoms with Gasteiger partial charge in [0.1, 0.15) is 0 Å². The van der Waals surface area contributed by atoms with E-state index in [2.05, 4.69) is 5.32 Å². The Morgan fingerprint density at radius 1 is 1.23 bits per heavy atom. The molecule has 0 aromatic heterocycles. The van der Waals surface area contributed by atoms with Crippen molar-refractivity contribution >= 4 is 40.5 Å². The molecule has 1 amide bonds. The molecule has 8 heteroatoms. The van der Waals surface area contributed by atoms with E-state index >= 15 is 0 Å². The van der Waals surface area contributed by atoms with Crippen LogP contribution in [0.5, 0.6) is 0 Å². The highest BCUT2D eigenvalue weighted by molar-refractivity contribution is 6.35. The third-order valence-corrected chi connectivity index (χ3v) is 3.53. The van der Waals surface area contributed by atoms with Gasteiger partial charge in [-0.3, -0.25) is 14.9 Å². The molecule has 2 rings (SSSR count). The quantitative estimate of drug-likeness (QED) is 0.642. The highest BCUT2D eigenvalue weighted by Crippen LogP contribution is 2.27. The lowest BCUT2D eigenvalue weighted by molar-refractivity contribution is -0.385. The third-order valence-electron chi connectivity index (χ3n) is 2.96. The predicted molar refractivity (Wildman–Crippen MR) is 85.4 cm³/mol. The van der Waals surface area contributed by atoms with Crippen LogP contribution in [0.2, 0.25) is 10.0 Å². The van der Waals surface area contributed by atoms with Crippen molar-refractivity contribution in [2.24, 2.45) is 5.73 Å². The van der Waals surface area contributed by atoms with Crippen molar-refractivity contribution in [3.8, 4) is 0 Å². The summed E-state index contributed by atoms with van der Waals surface area (Å²) in [6.07, 6.45) is 0. The summed E-state index contributed by atoms with van der Waals surface area (Å²) >= 11 is 11.9. The minimum absolute atomic E-state index is 0.0798. The summed E-state index contributed by atoms with van der Waals surface area (Å²) in [6, 6.07) is 8.94. The first kappa shape index (κ1) is 16.1. The molecule has 0 saturated carbocycles. The van der Waals surface area contributed by atoms with Crippen molar-refractivity contribution in [3.63, 3.8) is 0 Å². The van der Waals surface area contributed by atoms with E-state index in [9.17, 15) is 14.9 Å². The predicted octanol–water partition coefficient (Wildman–Crippen LogP) is 3.61. The number of halogens is 2. The van der Waals surface area contributed by atoms with Crippen molar-refractivity contribution in [3.05, 3.63) is 67.7 Å². The highest BCUT2D eigenvalue weighted by Gasteiger charge is 2.16. The number of nitro groups is 1. The monoisotopic (exact) mass is 339 g/mol. The molecule has 22 heavy (non-hydrogen) atoms. The molecule has 0 atom stereocenters. The van der Waals surface area contributed by atoms with Crippen LogP contribution in [0.15, 0.2) is 36.4 Å². The average Bonchev–Trinajstić information content (AvgIpc) is 2.47. The molecule has 0 bridgehead atoms. The second kappa shape index (κ2) is 6.64. The molecule has 0 heterocycles. The molecular weight excluding hydrogens is 329 g/mol. The van der Waals surface area contributed by atoms with E-state index in [0.29, 0.717) is 21.3 Å². The summed E-state index contributed by atoms with van der Waals surface area (Å²) in [5.74, 6) is -0.722. The van der Waals surface area contributed by atoms with Crippen LogP contribution in [0.3, 0.4) is 0 Å². The second-order valence-corrected chi connectivity index (χ2v) is 5.29. The number of hydrogen-bond acceptors (Lipinski definition) is 4. The molecule has 2 aromatic carbocycles. The van der Waals surface area contributed by atoms with Crippen molar-refractivity contribution in [1.29, 1.82) is 0 Å². The maximum atomic E-state index is 11.1. The van der Waals surface area contributed by atoms with E-state index in [4.69, 9.17) is 28.9 Å². The minimum atomic E-state index is -0.722. The second-order valence-electron chi connectivity index (χ2n) is 4.44. The smallest absolute Gasteiger partial charge is 0.275 e. The lowest BCUT2D eigenvalue weighted by atomic mass is 10.1. The molecule has 6 nitrogen and oxygen atoms in total. The van der Waals surface area contributed by atoms with Crippen molar-refractivity contribution in [2.45, 2.75) is 6.54 Å². The average molecular weight is 340 g/mol. The summed E-state index contributed by atoms with van der Waals surface area (Å²) in [6.45, 7) is 0.148. The fourth-order valence-corrected chi connectivity index (χ4v) is 2.22. The molecule has 0 unspecified atom stereocenters. The van der Waals surface area contributed by atoms with Crippen LogP contribution >= 0.6 is 23.2 Å². The zero-order chi connectivity index (χ0) is 16.3. The Bertz CT molecular complexity index is 750. The first-order chi connectivity index (χ1) is 10.4. The minimum Gasteiger partial charge on any atom is -0.379 e.